The fraction of sp³-hybridized carbons (Fsp3) is 0.143. The van der Waals surface area contributed by atoms with E-state index in [-0.39, 0.29) is 16.9 Å². The van der Waals surface area contributed by atoms with E-state index in [1.807, 2.05) is 0 Å². The molecule has 3 rings (SSSR count). The van der Waals surface area contributed by atoms with Crippen molar-refractivity contribution in [3.05, 3.63) is 49.7 Å². The molecular weight excluding hydrogens is 352 g/mol. The minimum atomic E-state index is -0.502. The molecule has 0 atom stereocenters. The number of phenols is 1. The van der Waals surface area contributed by atoms with Gasteiger partial charge in [-0.25, -0.2) is 14.8 Å². The van der Waals surface area contributed by atoms with Gasteiger partial charge in [-0.2, -0.15) is 0 Å². The first kappa shape index (κ1) is 14.5. The normalized spacial score (nSPS) is 11.0. The molecule has 1 aromatic carbocycles. The lowest BCUT2D eigenvalue weighted by atomic mass is 10.1. The van der Waals surface area contributed by atoms with Crippen LogP contribution in [0.15, 0.2) is 38.5 Å². The Morgan fingerprint density at radius 1 is 1.05 bits per heavy atom. The fourth-order valence-corrected chi connectivity index (χ4v) is 2.63. The van der Waals surface area contributed by atoms with E-state index < -0.39 is 11.2 Å². The number of nitrogens with zero attached hydrogens (tertiary/aromatic N) is 4. The average Bonchev–Trinajstić information content (AvgIpc) is 2.51. The Kier molecular flexibility index (Phi) is 3.32. The second kappa shape index (κ2) is 5.06. The zero-order chi connectivity index (χ0) is 16.0. The van der Waals surface area contributed by atoms with E-state index >= 15 is 0 Å². The number of hydrogen-bond donors (Lipinski definition) is 1. The number of aryl methyl sites for hydroxylation is 1. The van der Waals surface area contributed by atoms with Gasteiger partial charge in [0.05, 0.1) is 0 Å². The third-order valence-electron chi connectivity index (χ3n) is 3.37. The Balaban J connectivity index is 2.40. The van der Waals surface area contributed by atoms with Crippen molar-refractivity contribution in [1.29, 1.82) is 0 Å². The molecule has 0 aliphatic carbocycles. The molecule has 0 aliphatic rings. The Morgan fingerprint density at radius 3 is 2.32 bits per heavy atom. The van der Waals surface area contributed by atoms with Crippen molar-refractivity contribution in [1.82, 2.24) is 19.1 Å². The Morgan fingerprint density at radius 2 is 1.68 bits per heavy atom. The first-order valence-corrected chi connectivity index (χ1v) is 7.12. The summed E-state index contributed by atoms with van der Waals surface area (Å²) in [7, 11) is 2.93. The molecule has 0 unspecified atom stereocenters. The Bertz CT molecular complexity index is 1010. The van der Waals surface area contributed by atoms with Crippen molar-refractivity contribution in [3.63, 3.8) is 0 Å². The van der Waals surface area contributed by atoms with Crippen LogP contribution >= 0.6 is 15.9 Å². The maximum Gasteiger partial charge on any atom is 0.332 e. The van der Waals surface area contributed by atoms with Gasteiger partial charge in [-0.1, -0.05) is 0 Å². The van der Waals surface area contributed by atoms with E-state index in [0.29, 0.717) is 15.9 Å². The molecule has 2 aromatic heterocycles. The zero-order valence-corrected chi connectivity index (χ0v) is 13.3. The number of aromatic nitrogens is 4. The highest BCUT2D eigenvalue weighted by Gasteiger charge is 2.15. The second-order valence-electron chi connectivity index (χ2n) is 4.79. The molecule has 0 fully saturated rings. The lowest BCUT2D eigenvalue weighted by molar-refractivity contribution is 0.475. The second-order valence-corrected chi connectivity index (χ2v) is 5.54. The van der Waals surface area contributed by atoms with Crippen LogP contribution in [0.3, 0.4) is 0 Å². The lowest BCUT2D eigenvalue weighted by Gasteiger charge is -2.09. The minimum Gasteiger partial charge on any atom is -0.508 e. The highest BCUT2D eigenvalue weighted by atomic mass is 79.9. The fourth-order valence-electron chi connectivity index (χ4n) is 2.15. The average molecular weight is 363 g/mol. The maximum absolute atomic E-state index is 12.2. The number of phenolic OH excluding ortho intramolecular Hbond substituents is 1. The van der Waals surface area contributed by atoms with Gasteiger partial charge in [0.15, 0.2) is 11.2 Å². The molecule has 112 valence electrons. The van der Waals surface area contributed by atoms with Crippen LogP contribution in [0, 0.1) is 0 Å². The molecule has 1 N–H and O–H groups in total. The van der Waals surface area contributed by atoms with Gasteiger partial charge in [0.2, 0.25) is 0 Å². The first-order valence-electron chi connectivity index (χ1n) is 6.33. The van der Waals surface area contributed by atoms with E-state index in [9.17, 15) is 14.7 Å². The molecule has 0 saturated carbocycles. The number of aromatic hydroxyl groups is 1. The summed E-state index contributed by atoms with van der Waals surface area (Å²) in [6.07, 6.45) is 0. The van der Waals surface area contributed by atoms with E-state index in [2.05, 4.69) is 25.9 Å². The van der Waals surface area contributed by atoms with E-state index in [1.165, 1.54) is 30.8 Å². The summed E-state index contributed by atoms with van der Waals surface area (Å²) >= 11 is 3.31. The van der Waals surface area contributed by atoms with Crippen LogP contribution in [0.1, 0.15) is 0 Å². The molecule has 0 spiro atoms. The summed E-state index contributed by atoms with van der Waals surface area (Å²) < 4.78 is 2.68. The van der Waals surface area contributed by atoms with Crippen LogP contribution in [0.5, 0.6) is 5.75 Å². The molecule has 0 saturated heterocycles. The van der Waals surface area contributed by atoms with Gasteiger partial charge < -0.3 is 5.11 Å². The molecular formula is C14H11BrN4O3. The third-order valence-corrected chi connectivity index (χ3v) is 3.93. The molecule has 0 amide bonds. The van der Waals surface area contributed by atoms with Gasteiger partial charge in [-0.3, -0.25) is 13.9 Å². The molecule has 8 heteroatoms. The van der Waals surface area contributed by atoms with Gasteiger partial charge in [-0.15, -0.1) is 0 Å². The zero-order valence-electron chi connectivity index (χ0n) is 11.7. The predicted octanol–water partition coefficient (Wildman–Crippen LogP) is 1.16. The van der Waals surface area contributed by atoms with Crippen LogP contribution < -0.4 is 11.2 Å². The molecule has 0 bridgehead atoms. The standard InChI is InChI=1S/C14H11BrN4O3/c1-18-12-10(13(21)19(2)14(18)22)16-9(11(15)17-12)7-3-5-8(20)6-4-7/h3-6,20H,1-2H3. The molecule has 22 heavy (non-hydrogen) atoms. The van der Waals surface area contributed by atoms with Gasteiger partial charge in [0.25, 0.3) is 5.56 Å². The van der Waals surface area contributed by atoms with Crippen LogP contribution in [0.2, 0.25) is 0 Å². The van der Waals surface area contributed by atoms with Crippen molar-refractivity contribution >= 4 is 27.1 Å². The van der Waals surface area contributed by atoms with Crippen LogP contribution in [-0.2, 0) is 14.1 Å². The van der Waals surface area contributed by atoms with Crippen molar-refractivity contribution in [2.45, 2.75) is 0 Å². The van der Waals surface area contributed by atoms with Crippen molar-refractivity contribution in [2.24, 2.45) is 14.1 Å². The maximum atomic E-state index is 12.2. The SMILES string of the molecule is Cn1c(=O)c2nc(-c3ccc(O)cc3)c(Br)nc2n(C)c1=O. The monoisotopic (exact) mass is 362 g/mol. The highest BCUT2D eigenvalue weighted by molar-refractivity contribution is 9.10. The Hall–Kier alpha value is -2.48. The van der Waals surface area contributed by atoms with Crippen LogP contribution in [-0.4, -0.2) is 24.2 Å². The summed E-state index contributed by atoms with van der Waals surface area (Å²) in [5.74, 6) is 0.131. The van der Waals surface area contributed by atoms with Gasteiger partial charge in [-0.05, 0) is 40.2 Å². The summed E-state index contributed by atoms with van der Waals surface area (Å²) in [5.41, 5.74) is 0.505. The van der Waals surface area contributed by atoms with E-state index in [0.717, 1.165) is 4.57 Å². The molecule has 7 nitrogen and oxygen atoms in total. The largest absolute Gasteiger partial charge is 0.508 e. The minimum absolute atomic E-state index is 0.107. The summed E-state index contributed by atoms with van der Waals surface area (Å²) in [5, 5.41) is 9.35. The number of hydrogen-bond acceptors (Lipinski definition) is 5. The first-order chi connectivity index (χ1) is 10.4. The quantitative estimate of drug-likeness (QED) is 0.701. The summed E-state index contributed by atoms with van der Waals surface area (Å²) in [6.45, 7) is 0. The number of rotatable bonds is 1. The third kappa shape index (κ3) is 2.12. The van der Waals surface area contributed by atoms with E-state index in [4.69, 9.17) is 0 Å². The number of halogens is 1. The molecule has 2 heterocycles. The van der Waals surface area contributed by atoms with Crippen molar-refractivity contribution < 1.29 is 5.11 Å². The topological polar surface area (TPSA) is 90.0 Å². The van der Waals surface area contributed by atoms with Crippen molar-refractivity contribution in [2.75, 3.05) is 0 Å². The molecule has 0 aliphatic heterocycles. The smallest absolute Gasteiger partial charge is 0.332 e. The van der Waals surface area contributed by atoms with Gasteiger partial charge in [0.1, 0.15) is 16.0 Å². The molecule has 0 radical (unpaired) electrons. The lowest BCUT2D eigenvalue weighted by Crippen LogP contribution is -2.37. The highest BCUT2D eigenvalue weighted by Crippen LogP contribution is 2.27. The predicted molar refractivity (Wildman–Crippen MR) is 84.8 cm³/mol. The Labute approximate surface area is 132 Å². The van der Waals surface area contributed by atoms with Crippen LogP contribution in [0.25, 0.3) is 22.4 Å². The van der Waals surface area contributed by atoms with Crippen molar-refractivity contribution in [3.8, 4) is 17.0 Å². The summed E-state index contributed by atoms with van der Waals surface area (Å²) in [6, 6.07) is 6.38. The van der Waals surface area contributed by atoms with Gasteiger partial charge in [0, 0.05) is 19.7 Å². The number of benzene rings is 1. The summed E-state index contributed by atoms with van der Waals surface area (Å²) in [4.78, 5) is 32.8. The number of fused-ring (bicyclic) bond motifs is 1. The van der Waals surface area contributed by atoms with Crippen LogP contribution in [0.4, 0.5) is 0 Å². The van der Waals surface area contributed by atoms with E-state index in [1.54, 1.807) is 12.1 Å². The van der Waals surface area contributed by atoms with Gasteiger partial charge >= 0.3 is 5.69 Å². The molecule has 3 aromatic rings.